The van der Waals surface area contributed by atoms with E-state index in [4.69, 9.17) is 14.7 Å². The molecular weight excluding hydrogens is 199 g/mol. The van der Waals surface area contributed by atoms with Crippen LogP contribution in [0.15, 0.2) is 18.2 Å². The van der Waals surface area contributed by atoms with Gasteiger partial charge < -0.3 is 0 Å². The Bertz CT molecular complexity index is 294. The molecule has 1 aromatic carbocycles. The second-order valence-corrected chi connectivity index (χ2v) is 6.22. The number of hydrogen-bond donors (Lipinski definition) is 3. The van der Waals surface area contributed by atoms with Crippen molar-refractivity contribution in [2.75, 3.05) is 0 Å². The van der Waals surface area contributed by atoms with E-state index in [1.54, 1.807) is 12.1 Å². The Morgan fingerprint density at radius 2 is 1.79 bits per heavy atom. The predicted octanol–water partition coefficient (Wildman–Crippen LogP) is 0.881. The number of rotatable bonds is 1. The van der Waals surface area contributed by atoms with Crippen LogP contribution < -0.4 is 5.30 Å². The summed E-state index contributed by atoms with van der Waals surface area (Å²) < 4.78 is 0. The monoisotopic (exact) mass is 215 g/mol. The van der Waals surface area contributed by atoms with Crippen molar-refractivity contribution in [1.29, 1.82) is 0 Å². The van der Waals surface area contributed by atoms with Gasteiger partial charge >= 0.3 is 83.9 Å². The van der Waals surface area contributed by atoms with Crippen molar-refractivity contribution in [1.82, 2.24) is 0 Å². The summed E-state index contributed by atoms with van der Waals surface area (Å²) in [7, 11) is -4.16. The van der Waals surface area contributed by atoms with Crippen LogP contribution >= 0.6 is 7.94 Å². The minimum absolute atomic E-state index is 0.115. The van der Waals surface area contributed by atoms with Gasteiger partial charge in [-0.25, -0.2) is 0 Å². The van der Waals surface area contributed by atoms with Crippen LogP contribution in [0.4, 0.5) is 0 Å². The Balaban J connectivity index is 3.15. The fourth-order valence-electron chi connectivity index (χ4n) is 1.11. The molecule has 3 N–H and O–H groups in total. The van der Waals surface area contributed by atoms with Gasteiger partial charge in [-0.2, -0.15) is 0 Å². The van der Waals surface area contributed by atoms with E-state index in [2.05, 4.69) is 6.07 Å². The first kappa shape index (κ1) is 11.6. The average molecular weight is 215 g/mol. The molecule has 79 valence electrons. The summed E-state index contributed by atoms with van der Waals surface area (Å²) in [6, 6.07) is 7.67. The summed E-state index contributed by atoms with van der Waals surface area (Å²) in [5, 5.41) is 0.196. The van der Waals surface area contributed by atoms with E-state index in [1.807, 2.05) is 20.8 Å². The molecule has 4 heteroatoms. The van der Waals surface area contributed by atoms with Gasteiger partial charge in [0.05, 0.1) is 0 Å². The molecule has 1 radical (unpaired) electrons. The molecule has 0 bridgehead atoms. The zero-order chi connectivity index (χ0) is 11.0. The molecule has 0 atom stereocenters. The maximum absolute atomic E-state index is 9.12. The van der Waals surface area contributed by atoms with Crippen LogP contribution in [-0.2, 0) is 5.41 Å². The van der Waals surface area contributed by atoms with Crippen LogP contribution in [-0.4, -0.2) is 14.7 Å². The third kappa shape index (κ3) is 2.76. The second kappa shape index (κ2) is 3.59. The first-order valence-electron chi connectivity index (χ1n) is 4.41. The molecule has 0 aliphatic heterocycles. The van der Waals surface area contributed by atoms with Crippen LogP contribution in [0.5, 0.6) is 0 Å². The standard InChI is InChI=1S/C10H16O3P/c1-10(2,3)8-5-4-6-9(7-8)14(11,12)13/h4,6-7,11-14H,1-3H3. The van der Waals surface area contributed by atoms with Crippen molar-refractivity contribution in [3.8, 4) is 0 Å². The molecule has 1 aromatic rings. The van der Waals surface area contributed by atoms with E-state index >= 15 is 0 Å². The molecule has 0 aromatic heterocycles. The zero-order valence-corrected chi connectivity index (χ0v) is 9.57. The van der Waals surface area contributed by atoms with Crippen molar-refractivity contribution < 1.29 is 14.7 Å². The van der Waals surface area contributed by atoms with Crippen molar-refractivity contribution in [2.24, 2.45) is 0 Å². The summed E-state index contributed by atoms with van der Waals surface area (Å²) in [5.41, 5.74) is 0.736. The molecule has 0 amide bonds. The fraction of sp³-hybridized carbons (Fsp3) is 0.400. The summed E-state index contributed by atoms with van der Waals surface area (Å²) in [5.74, 6) is 0. The zero-order valence-electron chi connectivity index (χ0n) is 8.57. The van der Waals surface area contributed by atoms with Crippen molar-refractivity contribution in [3.05, 3.63) is 29.8 Å². The van der Waals surface area contributed by atoms with Gasteiger partial charge in [0.15, 0.2) is 0 Å². The van der Waals surface area contributed by atoms with Gasteiger partial charge in [0, 0.05) is 0 Å². The van der Waals surface area contributed by atoms with Crippen LogP contribution in [0.3, 0.4) is 0 Å². The molecule has 0 fully saturated rings. The van der Waals surface area contributed by atoms with Gasteiger partial charge in [-0.1, -0.05) is 0 Å². The van der Waals surface area contributed by atoms with E-state index in [9.17, 15) is 0 Å². The Hall–Kier alpha value is -0.470. The maximum atomic E-state index is 9.12. The molecule has 14 heavy (non-hydrogen) atoms. The summed E-state index contributed by atoms with van der Waals surface area (Å²) in [6.07, 6.45) is 0. The Morgan fingerprint density at radius 1 is 1.21 bits per heavy atom. The number of benzene rings is 1. The van der Waals surface area contributed by atoms with Crippen molar-refractivity contribution >= 4 is 13.2 Å². The molecule has 0 spiro atoms. The molecule has 0 saturated heterocycles. The summed E-state index contributed by atoms with van der Waals surface area (Å²) in [4.78, 5) is 27.3. The third-order valence-electron chi connectivity index (χ3n) is 2.00. The Kier molecular flexibility index (Phi) is 2.98. The van der Waals surface area contributed by atoms with Crippen LogP contribution in [0.25, 0.3) is 0 Å². The van der Waals surface area contributed by atoms with Gasteiger partial charge in [0.2, 0.25) is 0 Å². The normalized spacial score (nSPS) is 14.1. The molecule has 0 heterocycles. The minimum atomic E-state index is -4.16. The van der Waals surface area contributed by atoms with Crippen LogP contribution in [0.1, 0.15) is 26.3 Å². The average Bonchev–Trinajstić information content (AvgIpc) is 2.01. The van der Waals surface area contributed by atoms with Gasteiger partial charge in [-0.3, -0.25) is 0 Å². The first-order chi connectivity index (χ1) is 6.21. The van der Waals surface area contributed by atoms with Crippen LogP contribution in [0, 0.1) is 6.07 Å². The van der Waals surface area contributed by atoms with E-state index in [1.165, 1.54) is 6.07 Å². The molecular formula is C10H16O3P. The molecule has 3 nitrogen and oxygen atoms in total. The van der Waals surface area contributed by atoms with E-state index in [-0.39, 0.29) is 10.7 Å². The number of hydrogen-bond acceptors (Lipinski definition) is 3. The van der Waals surface area contributed by atoms with Gasteiger partial charge in [-0.05, 0) is 0 Å². The van der Waals surface area contributed by atoms with E-state index < -0.39 is 7.94 Å². The van der Waals surface area contributed by atoms with Gasteiger partial charge in [0.1, 0.15) is 0 Å². The van der Waals surface area contributed by atoms with Crippen molar-refractivity contribution in [3.63, 3.8) is 0 Å². The molecule has 1 rings (SSSR count). The van der Waals surface area contributed by atoms with Gasteiger partial charge in [-0.15, -0.1) is 0 Å². The first-order valence-corrected chi connectivity index (χ1v) is 6.25. The molecule has 0 saturated carbocycles. The molecule has 0 aliphatic carbocycles. The van der Waals surface area contributed by atoms with E-state index in [0.29, 0.717) is 0 Å². The fourth-order valence-corrected chi connectivity index (χ4v) is 1.75. The third-order valence-corrected chi connectivity index (χ3v) is 3.08. The Labute approximate surface area is 84.6 Å². The quantitative estimate of drug-likeness (QED) is 0.609. The van der Waals surface area contributed by atoms with Crippen LogP contribution in [0.2, 0.25) is 0 Å². The second-order valence-electron chi connectivity index (χ2n) is 4.38. The Morgan fingerprint density at radius 3 is 2.21 bits per heavy atom. The SMILES string of the molecule is CC(C)(C)c1[c]ccc([PH](O)(O)O)c1. The summed E-state index contributed by atoms with van der Waals surface area (Å²) in [6.45, 7) is 5.99. The molecule has 0 aliphatic rings. The van der Waals surface area contributed by atoms with Crippen molar-refractivity contribution in [2.45, 2.75) is 26.2 Å². The van der Waals surface area contributed by atoms with E-state index in [0.717, 1.165) is 5.56 Å². The summed E-state index contributed by atoms with van der Waals surface area (Å²) >= 11 is 0. The predicted molar refractivity (Wildman–Crippen MR) is 58.6 cm³/mol. The topological polar surface area (TPSA) is 60.7 Å². The molecule has 0 unspecified atom stereocenters. The van der Waals surface area contributed by atoms with Gasteiger partial charge in [0.25, 0.3) is 0 Å².